The van der Waals surface area contributed by atoms with E-state index in [4.69, 9.17) is 16.9 Å². The highest BCUT2D eigenvalue weighted by molar-refractivity contribution is 6.31. The molecule has 1 aromatic carbocycles. The number of nitrogens with zero attached hydrogens (tertiary/aromatic N) is 5. The van der Waals surface area contributed by atoms with Crippen LogP contribution in [0.5, 0.6) is 0 Å². The van der Waals surface area contributed by atoms with E-state index in [1.807, 2.05) is 24.0 Å². The lowest BCUT2D eigenvalue weighted by Crippen LogP contribution is -2.42. The van der Waals surface area contributed by atoms with Crippen molar-refractivity contribution in [1.29, 1.82) is 5.26 Å². The number of aromatic nitrogens is 1. The molecule has 0 saturated carbocycles. The average Bonchev–Trinajstić information content (AvgIpc) is 3.02. The highest BCUT2D eigenvalue weighted by Gasteiger charge is 2.24. The van der Waals surface area contributed by atoms with E-state index in [0.29, 0.717) is 36.8 Å². The summed E-state index contributed by atoms with van der Waals surface area (Å²) in [6.45, 7) is 5.03. The summed E-state index contributed by atoms with van der Waals surface area (Å²) >= 11 is 6.13. The molecule has 1 aromatic heterocycles. The first-order valence-corrected chi connectivity index (χ1v) is 10.7. The second-order valence-electron chi connectivity index (χ2n) is 7.54. The van der Waals surface area contributed by atoms with Crippen LogP contribution >= 0.6 is 11.6 Å². The number of carbonyl (C=O) groups is 2. The molecule has 0 unspecified atom stereocenters. The number of nitriles is 1. The van der Waals surface area contributed by atoms with Crippen molar-refractivity contribution >= 4 is 29.1 Å². The molecule has 8 heteroatoms. The summed E-state index contributed by atoms with van der Waals surface area (Å²) < 4.78 is 0. The van der Waals surface area contributed by atoms with Gasteiger partial charge in [0.15, 0.2) is 0 Å². The van der Waals surface area contributed by atoms with Crippen LogP contribution in [0.25, 0.3) is 0 Å². The SMILES string of the molecule is Cc1cc(N(CCC#N)C(=O)CN2CCCN(C(=O)c3ccncc3)CC2)ccc1Cl. The first kappa shape index (κ1) is 22.7. The molecule has 0 spiro atoms. The normalized spacial score (nSPS) is 14.5. The first-order valence-electron chi connectivity index (χ1n) is 10.3. The van der Waals surface area contributed by atoms with Gasteiger partial charge in [0.1, 0.15) is 0 Å². The van der Waals surface area contributed by atoms with Crippen LogP contribution in [0.3, 0.4) is 0 Å². The topological polar surface area (TPSA) is 80.5 Å². The zero-order chi connectivity index (χ0) is 22.2. The van der Waals surface area contributed by atoms with Crippen LogP contribution in [-0.4, -0.2) is 65.9 Å². The molecule has 0 atom stereocenters. The second kappa shape index (κ2) is 10.9. The Morgan fingerprint density at radius 3 is 2.65 bits per heavy atom. The smallest absolute Gasteiger partial charge is 0.254 e. The highest BCUT2D eigenvalue weighted by atomic mass is 35.5. The second-order valence-corrected chi connectivity index (χ2v) is 7.95. The molecule has 1 aliphatic heterocycles. The molecular weight excluding hydrogens is 414 g/mol. The number of aryl methyl sites for hydroxylation is 1. The van der Waals surface area contributed by atoms with Crippen LogP contribution in [0.4, 0.5) is 5.69 Å². The van der Waals surface area contributed by atoms with E-state index in [0.717, 1.165) is 24.2 Å². The molecule has 2 heterocycles. The lowest BCUT2D eigenvalue weighted by Gasteiger charge is -2.27. The fourth-order valence-electron chi connectivity index (χ4n) is 3.64. The third-order valence-corrected chi connectivity index (χ3v) is 5.79. The summed E-state index contributed by atoms with van der Waals surface area (Å²) in [5.74, 6) is -0.0752. The molecule has 31 heavy (non-hydrogen) atoms. The number of benzene rings is 1. The van der Waals surface area contributed by atoms with E-state index in [1.165, 1.54) is 0 Å². The van der Waals surface area contributed by atoms with Gasteiger partial charge in [-0.15, -0.1) is 0 Å². The maximum absolute atomic E-state index is 13.1. The van der Waals surface area contributed by atoms with E-state index in [1.54, 1.807) is 35.5 Å². The first-order chi connectivity index (χ1) is 15.0. The molecule has 1 aliphatic rings. The molecular formula is C23H26ClN5O2. The fourth-order valence-corrected chi connectivity index (χ4v) is 3.76. The van der Waals surface area contributed by atoms with Gasteiger partial charge in [-0.05, 0) is 49.2 Å². The Hall–Kier alpha value is -2.95. The number of hydrogen-bond donors (Lipinski definition) is 0. The minimum absolute atomic E-state index is 0.0112. The molecule has 7 nitrogen and oxygen atoms in total. The number of pyridine rings is 1. The molecule has 0 aliphatic carbocycles. The Labute approximate surface area is 187 Å². The summed E-state index contributed by atoms with van der Waals surface area (Å²) in [4.78, 5) is 35.3. The lowest BCUT2D eigenvalue weighted by molar-refractivity contribution is -0.119. The van der Waals surface area contributed by atoms with Crippen molar-refractivity contribution in [2.24, 2.45) is 0 Å². The summed E-state index contributed by atoms with van der Waals surface area (Å²) in [6.07, 6.45) is 4.28. The van der Waals surface area contributed by atoms with E-state index >= 15 is 0 Å². The predicted molar refractivity (Wildman–Crippen MR) is 120 cm³/mol. The van der Waals surface area contributed by atoms with Gasteiger partial charge < -0.3 is 9.80 Å². The number of carbonyl (C=O) groups excluding carboxylic acids is 2. The maximum atomic E-state index is 13.1. The summed E-state index contributed by atoms with van der Waals surface area (Å²) in [5.41, 5.74) is 2.25. The van der Waals surface area contributed by atoms with Gasteiger partial charge in [0.05, 0.1) is 19.0 Å². The Morgan fingerprint density at radius 1 is 1.16 bits per heavy atom. The molecule has 2 amide bonds. The van der Waals surface area contributed by atoms with Gasteiger partial charge in [-0.25, -0.2) is 0 Å². The summed E-state index contributed by atoms with van der Waals surface area (Å²) in [6, 6.07) is 11.0. The number of hydrogen-bond acceptors (Lipinski definition) is 5. The van der Waals surface area contributed by atoms with Gasteiger partial charge in [-0.3, -0.25) is 19.5 Å². The van der Waals surface area contributed by atoms with E-state index in [-0.39, 0.29) is 24.8 Å². The number of rotatable bonds is 6. The maximum Gasteiger partial charge on any atom is 0.254 e. The lowest BCUT2D eigenvalue weighted by atomic mass is 10.2. The van der Waals surface area contributed by atoms with Crippen molar-refractivity contribution in [2.75, 3.05) is 44.2 Å². The zero-order valence-corrected chi connectivity index (χ0v) is 18.4. The zero-order valence-electron chi connectivity index (χ0n) is 17.6. The van der Waals surface area contributed by atoms with Crippen molar-refractivity contribution in [1.82, 2.24) is 14.8 Å². The average molecular weight is 440 g/mol. The Morgan fingerprint density at radius 2 is 1.94 bits per heavy atom. The highest BCUT2D eigenvalue weighted by Crippen LogP contribution is 2.23. The third kappa shape index (κ3) is 6.03. The van der Waals surface area contributed by atoms with Crippen molar-refractivity contribution in [3.05, 3.63) is 58.9 Å². The molecule has 3 rings (SSSR count). The van der Waals surface area contributed by atoms with Crippen molar-refractivity contribution in [3.8, 4) is 6.07 Å². The van der Waals surface area contributed by atoms with E-state index in [2.05, 4.69) is 16.0 Å². The summed E-state index contributed by atoms with van der Waals surface area (Å²) in [5, 5.41) is 9.66. The van der Waals surface area contributed by atoms with Crippen LogP contribution in [0, 0.1) is 18.3 Å². The number of anilines is 1. The van der Waals surface area contributed by atoms with E-state index in [9.17, 15) is 9.59 Å². The molecule has 0 radical (unpaired) electrons. The van der Waals surface area contributed by atoms with Crippen molar-refractivity contribution in [2.45, 2.75) is 19.8 Å². The Balaban J connectivity index is 1.64. The van der Waals surface area contributed by atoms with E-state index < -0.39 is 0 Å². The molecule has 0 N–H and O–H groups in total. The summed E-state index contributed by atoms with van der Waals surface area (Å²) in [7, 11) is 0. The van der Waals surface area contributed by atoms with Crippen LogP contribution in [0.1, 0.15) is 28.8 Å². The Bertz CT molecular complexity index is 960. The van der Waals surface area contributed by atoms with Gasteiger partial charge >= 0.3 is 0 Å². The molecule has 0 bridgehead atoms. The molecule has 1 saturated heterocycles. The van der Waals surface area contributed by atoms with Gasteiger partial charge in [0, 0.05) is 61.4 Å². The van der Waals surface area contributed by atoms with Gasteiger partial charge in [-0.2, -0.15) is 5.26 Å². The van der Waals surface area contributed by atoms with Gasteiger partial charge in [0.25, 0.3) is 5.91 Å². The minimum atomic E-state index is -0.0640. The standard InChI is InChI=1S/C23H26ClN5O2/c1-18-16-20(4-5-21(18)24)29(13-2-8-25)22(30)17-27-11-3-12-28(15-14-27)23(31)19-6-9-26-10-7-19/h4-7,9-10,16H,2-3,11-15,17H2,1H3. The third-order valence-electron chi connectivity index (χ3n) is 5.36. The largest absolute Gasteiger partial charge is 0.337 e. The van der Waals surface area contributed by atoms with Gasteiger partial charge in [0.2, 0.25) is 5.91 Å². The quantitative estimate of drug-likeness (QED) is 0.690. The van der Waals surface area contributed by atoms with Gasteiger partial charge in [-0.1, -0.05) is 11.6 Å². The minimum Gasteiger partial charge on any atom is -0.337 e. The molecule has 162 valence electrons. The van der Waals surface area contributed by atoms with Crippen LogP contribution < -0.4 is 4.90 Å². The number of amides is 2. The van der Waals surface area contributed by atoms with Crippen LogP contribution in [-0.2, 0) is 4.79 Å². The molecule has 2 aromatic rings. The Kier molecular flexibility index (Phi) is 7.99. The number of halogens is 1. The monoisotopic (exact) mass is 439 g/mol. The predicted octanol–water partition coefficient (Wildman–Crippen LogP) is 3.14. The van der Waals surface area contributed by atoms with Crippen molar-refractivity contribution in [3.63, 3.8) is 0 Å². The van der Waals surface area contributed by atoms with Crippen molar-refractivity contribution < 1.29 is 9.59 Å². The van der Waals surface area contributed by atoms with Crippen LogP contribution in [0.2, 0.25) is 5.02 Å². The molecule has 1 fully saturated rings. The van der Waals surface area contributed by atoms with Crippen LogP contribution in [0.15, 0.2) is 42.7 Å². The fraction of sp³-hybridized carbons (Fsp3) is 0.391.